The molecule has 1 saturated carbocycles. The largest absolute Gasteiger partial charge is 0.508 e. The Labute approximate surface area is 227 Å². The highest BCUT2D eigenvalue weighted by Gasteiger charge is 2.69. The predicted octanol–water partition coefficient (Wildman–Crippen LogP) is 1.25. The fourth-order valence-electron chi connectivity index (χ4n) is 6.98. The number of hydrogen-bond acceptors (Lipinski definition) is 9. The van der Waals surface area contributed by atoms with Crippen LogP contribution in [0.5, 0.6) is 11.5 Å². The van der Waals surface area contributed by atoms with Crippen molar-refractivity contribution < 1.29 is 44.2 Å². The van der Waals surface area contributed by atoms with Gasteiger partial charge < -0.3 is 40.0 Å². The number of aliphatic hydroxyl groups excluding tert-OH is 1. The molecule has 4 atom stereocenters. The van der Waals surface area contributed by atoms with E-state index in [1.54, 1.807) is 13.0 Å². The molecule has 2 aliphatic heterocycles. The van der Waals surface area contributed by atoms with Gasteiger partial charge in [-0.1, -0.05) is 6.07 Å². The zero-order valence-electron chi connectivity index (χ0n) is 22.8. The van der Waals surface area contributed by atoms with Gasteiger partial charge in [-0.15, -0.1) is 0 Å². The molecule has 1 saturated heterocycles. The van der Waals surface area contributed by atoms with E-state index >= 15 is 0 Å². The van der Waals surface area contributed by atoms with Gasteiger partial charge in [-0.3, -0.25) is 9.69 Å². The quantitative estimate of drug-likeness (QED) is 0.214. The van der Waals surface area contributed by atoms with E-state index in [-0.39, 0.29) is 36.3 Å². The van der Waals surface area contributed by atoms with E-state index in [0.717, 1.165) is 12.1 Å². The maximum Gasteiger partial charge on any atom is 0.334 e. The minimum Gasteiger partial charge on any atom is -0.508 e. The number of carbonyl (C=O) groups excluding carboxylic acids is 1. The molecule has 0 aromatic heterocycles. The lowest BCUT2D eigenvalue weighted by Crippen LogP contribution is -2.73. The normalized spacial score (nSPS) is 30.3. The van der Waals surface area contributed by atoms with Crippen LogP contribution in [0.4, 0.5) is 0 Å². The predicted molar refractivity (Wildman–Crippen MR) is 139 cm³/mol. The summed E-state index contributed by atoms with van der Waals surface area (Å²) in [6.07, 6.45) is 2.19. The second kappa shape index (κ2) is 9.65. The van der Waals surface area contributed by atoms with E-state index in [1.807, 2.05) is 6.07 Å². The van der Waals surface area contributed by atoms with Crippen molar-refractivity contribution >= 4 is 11.9 Å². The van der Waals surface area contributed by atoms with Crippen molar-refractivity contribution in [1.29, 1.82) is 0 Å². The molecule has 2 aliphatic carbocycles. The molecule has 2 fully saturated rings. The molecule has 11 nitrogen and oxygen atoms in total. The van der Waals surface area contributed by atoms with Crippen LogP contribution in [0.25, 0.3) is 0 Å². The van der Waals surface area contributed by atoms with Crippen LogP contribution < -0.4 is 10.1 Å². The number of hydrogen-bond donors (Lipinski definition) is 5. The summed E-state index contributed by atoms with van der Waals surface area (Å²) < 4.78 is 16.3. The highest BCUT2D eigenvalue weighted by molar-refractivity contribution is 5.97. The molecular formula is C28H38N2O9. The Bertz CT molecular complexity index is 1200. The summed E-state index contributed by atoms with van der Waals surface area (Å²) in [6.45, 7) is 3.95. The van der Waals surface area contributed by atoms with Crippen LogP contribution in [0, 0.1) is 5.92 Å². The number of nitrogens with zero attached hydrogens (tertiary/aromatic N) is 1. The van der Waals surface area contributed by atoms with Crippen molar-refractivity contribution in [3.05, 3.63) is 34.6 Å². The second-order valence-electron chi connectivity index (χ2n) is 11.7. The second-order valence-corrected chi connectivity index (χ2v) is 11.7. The molecular weight excluding hydrogens is 508 g/mol. The molecule has 0 unspecified atom stereocenters. The molecule has 4 aliphatic rings. The van der Waals surface area contributed by atoms with E-state index in [0.29, 0.717) is 30.9 Å². The maximum atomic E-state index is 13.4. The minimum atomic E-state index is -1.89. The zero-order chi connectivity index (χ0) is 28.3. The Balaban J connectivity index is 1.56. The van der Waals surface area contributed by atoms with E-state index in [4.69, 9.17) is 14.2 Å². The van der Waals surface area contributed by atoms with Gasteiger partial charge in [-0.05, 0) is 63.6 Å². The average molecular weight is 547 g/mol. The first-order chi connectivity index (χ1) is 18.4. The number of benzene rings is 1. The smallest absolute Gasteiger partial charge is 0.334 e. The van der Waals surface area contributed by atoms with Gasteiger partial charge in [-0.25, -0.2) is 4.79 Å². The summed E-state index contributed by atoms with van der Waals surface area (Å²) in [5.74, 6) is -1.92. The number of carboxylic acid groups (broad SMARTS) is 1. The summed E-state index contributed by atoms with van der Waals surface area (Å²) in [4.78, 5) is 27.8. The number of rotatable bonds is 10. The summed E-state index contributed by atoms with van der Waals surface area (Å²) >= 11 is 0. The van der Waals surface area contributed by atoms with Crippen LogP contribution in [0.1, 0.15) is 44.2 Å². The number of likely N-dealkylation sites (tertiary alicyclic amines) is 1. The summed E-state index contributed by atoms with van der Waals surface area (Å²) in [7, 11) is 2.62. The number of amides is 1. The number of carbonyl (C=O) groups is 2. The number of aromatic hydroxyl groups is 1. The number of ether oxygens (including phenoxy) is 3. The van der Waals surface area contributed by atoms with E-state index in [2.05, 4.69) is 10.2 Å². The zero-order valence-corrected chi connectivity index (χ0v) is 22.8. The van der Waals surface area contributed by atoms with Crippen molar-refractivity contribution in [1.82, 2.24) is 10.2 Å². The van der Waals surface area contributed by atoms with Gasteiger partial charge in [0.15, 0.2) is 23.1 Å². The lowest BCUT2D eigenvalue weighted by molar-refractivity contribution is -0.154. The van der Waals surface area contributed by atoms with Gasteiger partial charge in [-0.2, -0.15) is 0 Å². The maximum absolute atomic E-state index is 13.4. The Kier molecular flexibility index (Phi) is 6.85. The molecule has 5 N–H and O–H groups in total. The van der Waals surface area contributed by atoms with Crippen molar-refractivity contribution in [3.63, 3.8) is 0 Å². The highest BCUT2D eigenvalue weighted by atomic mass is 16.5. The van der Waals surface area contributed by atoms with Crippen LogP contribution >= 0.6 is 0 Å². The molecule has 1 aromatic rings. The molecule has 1 amide bonds. The average Bonchev–Trinajstić information content (AvgIpc) is 3.62. The van der Waals surface area contributed by atoms with Crippen molar-refractivity contribution in [3.8, 4) is 11.5 Å². The standard InChI is InChI=1S/C28H38N2O9/c1-15(24(33)29-27(13-37-3,14-38-4)25(34)35)21(32)23-28-9-10-30(12-16-5-6-16)19(26(28,2)36)11-17-7-8-18(31)22(39-23)20(17)28/h7-8,16,19,23,31-32,36H,5-6,9-14H2,1-4H3,(H,29,33)(H,34,35)/b21-15-/t19-,23+,26-,28+/m1/s1. The first-order valence-corrected chi connectivity index (χ1v) is 13.4. The number of phenols is 1. The fraction of sp³-hybridized carbons (Fsp3) is 0.643. The number of piperidine rings is 1. The Morgan fingerprint density at radius 3 is 2.46 bits per heavy atom. The topological polar surface area (TPSA) is 158 Å². The molecule has 214 valence electrons. The molecule has 1 spiro atoms. The first kappa shape index (κ1) is 27.7. The number of nitrogens with one attached hydrogen (secondary N) is 1. The van der Waals surface area contributed by atoms with Crippen molar-refractivity contribution in [2.75, 3.05) is 40.5 Å². The lowest BCUT2D eigenvalue weighted by Gasteiger charge is -2.59. The van der Waals surface area contributed by atoms with Crippen LogP contribution in [0.15, 0.2) is 23.5 Å². The van der Waals surface area contributed by atoms with Crippen molar-refractivity contribution in [2.45, 2.75) is 68.2 Å². The molecule has 0 radical (unpaired) electrons. The first-order valence-electron chi connectivity index (χ1n) is 13.4. The number of methoxy groups -OCH3 is 2. The van der Waals surface area contributed by atoms with Crippen LogP contribution in [0.3, 0.4) is 0 Å². The summed E-state index contributed by atoms with van der Waals surface area (Å²) in [5.41, 5.74) is -2.95. The molecule has 5 rings (SSSR count). The molecule has 1 aromatic carbocycles. The monoisotopic (exact) mass is 546 g/mol. The van der Waals surface area contributed by atoms with Gasteiger partial charge in [0.1, 0.15) is 5.76 Å². The number of carboxylic acids is 1. The Morgan fingerprint density at radius 1 is 1.21 bits per heavy atom. The highest BCUT2D eigenvalue weighted by Crippen LogP contribution is 2.63. The number of fused-ring (bicyclic) bond motifs is 1. The SMILES string of the molecule is COCC(COC)(NC(=O)/C(C)=C(\O)[C@@H]1Oc2c(O)ccc3c2[C@@]12CCN(CC1CC1)[C@H](C3)[C@@]2(C)O)C(=O)O. The van der Waals surface area contributed by atoms with Crippen molar-refractivity contribution in [2.24, 2.45) is 5.92 Å². The molecule has 39 heavy (non-hydrogen) atoms. The third-order valence-corrected chi connectivity index (χ3v) is 9.26. The Morgan fingerprint density at radius 2 is 1.87 bits per heavy atom. The summed E-state index contributed by atoms with van der Waals surface area (Å²) in [6, 6.07) is 3.16. The van der Waals surface area contributed by atoms with Gasteiger partial charge in [0, 0.05) is 32.4 Å². The van der Waals surface area contributed by atoms with Gasteiger partial charge >= 0.3 is 5.97 Å². The third kappa shape index (κ3) is 4.09. The fourth-order valence-corrected chi connectivity index (χ4v) is 6.98. The van der Waals surface area contributed by atoms with E-state index < -0.39 is 40.3 Å². The number of aliphatic hydroxyl groups is 2. The number of phenolic OH excluding ortho intramolecular Hbond substituents is 1. The number of aliphatic carboxylic acids is 1. The van der Waals surface area contributed by atoms with Crippen LogP contribution in [-0.4, -0.2) is 101 Å². The van der Waals surface area contributed by atoms with E-state index in [1.165, 1.54) is 34.0 Å². The lowest BCUT2D eigenvalue weighted by atomic mass is 9.53. The molecule has 2 bridgehead atoms. The van der Waals surface area contributed by atoms with E-state index in [9.17, 15) is 30.0 Å². The summed E-state index contributed by atoms with van der Waals surface area (Å²) in [5, 5.41) is 46.9. The van der Waals surface area contributed by atoms with Crippen LogP contribution in [-0.2, 0) is 30.9 Å². The van der Waals surface area contributed by atoms with Gasteiger partial charge in [0.2, 0.25) is 0 Å². The van der Waals surface area contributed by atoms with Gasteiger partial charge in [0.25, 0.3) is 5.91 Å². The van der Waals surface area contributed by atoms with Crippen LogP contribution in [0.2, 0.25) is 0 Å². The molecule has 11 heteroatoms. The third-order valence-electron chi connectivity index (χ3n) is 9.26. The molecule has 2 heterocycles. The minimum absolute atomic E-state index is 0.106. The Hall–Kier alpha value is -2.86. The van der Waals surface area contributed by atoms with Gasteiger partial charge in [0.05, 0.1) is 29.8 Å².